The van der Waals surface area contributed by atoms with Crippen molar-refractivity contribution >= 4 is 15.9 Å². The molecule has 1 saturated carbocycles. The second kappa shape index (κ2) is 5.30. The summed E-state index contributed by atoms with van der Waals surface area (Å²) in [7, 11) is -3.16. The van der Waals surface area contributed by atoms with E-state index in [1.54, 1.807) is 4.31 Å². The van der Waals surface area contributed by atoms with Gasteiger partial charge in [0.2, 0.25) is 15.9 Å². The summed E-state index contributed by atoms with van der Waals surface area (Å²) < 4.78 is 25.9. The molecule has 2 saturated heterocycles. The van der Waals surface area contributed by atoms with Crippen molar-refractivity contribution in [3.8, 4) is 0 Å². The molecule has 0 bridgehead atoms. The van der Waals surface area contributed by atoms with Gasteiger partial charge in [-0.1, -0.05) is 6.92 Å². The van der Waals surface area contributed by atoms with Gasteiger partial charge in [-0.15, -0.1) is 0 Å². The van der Waals surface area contributed by atoms with E-state index in [0.29, 0.717) is 25.4 Å². The van der Waals surface area contributed by atoms with E-state index in [1.165, 1.54) is 12.8 Å². The Morgan fingerprint density at radius 3 is 2.60 bits per heavy atom. The van der Waals surface area contributed by atoms with Crippen molar-refractivity contribution < 1.29 is 13.2 Å². The molecular formula is C14H24N2O3S. The van der Waals surface area contributed by atoms with Gasteiger partial charge in [-0.3, -0.25) is 4.79 Å². The first kappa shape index (κ1) is 14.3. The average Bonchev–Trinajstić information content (AvgIpc) is 3.08. The molecule has 0 aromatic rings. The van der Waals surface area contributed by atoms with Crippen LogP contribution in [0, 0.1) is 17.8 Å². The number of amides is 1. The van der Waals surface area contributed by atoms with E-state index in [9.17, 15) is 13.2 Å². The molecule has 3 aliphatic rings. The molecule has 6 heteroatoms. The lowest BCUT2D eigenvalue weighted by atomic mass is 9.88. The molecule has 1 aliphatic carbocycles. The SMILES string of the molecule is CCCS(=O)(=O)N1C[C@H]2CCN(CC3CC3)C(=O)[C@@H]2C1. The molecule has 2 heterocycles. The fraction of sp³-hybridized carbons (Fsp3) is 0.929. The van der Waals surface area contributed by atoms with Crippen LogP contribution in [-0.2, 0) is 14.8 Å². The van der Waals surface area contributed by atoms with Crippen LogP contribution >= 0.6 is 0 Å². The van der Waals surface area contributed by atoms with Crippen molar-refractivity contribution in [1.29, 1.82) is 0 Å². The molecule has 0 N–H and O–H groups in total. The standard InChI is InChI=1S/C14H24N2O3S/c1-2-7-20(18,19)16-9-12-5-6-15(8-11-3-4-11)14(17)13(12)10-16/h11-13H,2-10H2,1H3/t12-,13-/m1/s1. The van der Waals surface area contributed by atoms with Crippen LogP contribution < -0.4 is 0 Å². The fourth-order valence-corrected chi connectivity index (χ4v) is 5.06. The van der Waals surface area contributed by atoms with Gasteiger partial charge in [-0.2, -0.15) is 0 Å². The van der Waals surface area contributed by atoms with Gasteiger partial charge in [0, 0.05) is 26.2 Å². The summed E-state index contributed by atoms with van der Waals surface area (Å²) in [6, 6.07) is 0. The maximum absolute atomic E-state index is 12.5. The van der Waals surface area contributed by atoms with Crippen LogP contribution in [0.25, 0.3) is 0 Å². The Bertz CT molecular complexity index is 487. The van der Waals surface area contributed by atoms with Crippen molar-refractivity contribution in [3.63, 3.8) is 0 Å². The van der Waals surface area contributed by atoms with Gasteiger partial charge in [-0.25, -0.2) is 12.7 Å². The van der Waals surface area contributed by atoms with E-state index in [2.05, 4.69) is 0 Å². The molecule has 0 aromatic heterocycles. The average molecular weight is 300 g/mol. The first-order valence-electron chi connectivity index (χ1n) is 7.78. The zero-order valence-electron chi connectivity index (χ0n) is 12.1. The quantitative estimate of drug-likeness (QED) is 0.758. The van der Waals surface area contributed by atoms with Crippen molar-refractivity contribution in [2.45, 2.75) is 32.6 Å². The Hall–Kier alpha value is -0.620. The number of fused-ring (bicyclic) bond motifs is 1. The number of hydrogen-bond donors (Lipinski definition) is 0. The zero-order valence-corrected chi connectivity index (χ0v) is 12.9. The first-order valence-corrected chi connectivity index (χ1v) is 9.38. The second-order valence-electron chi connectivity index (χ2n) is 6.52. The van der Waals surface area contributed by atoms with Crippen LogP contribution in [0.3, 0.4) is 0 Å². The van der Waals surface area contributed by atoms with Gasteiger partial charge < -0.3 is 4.90 Å². The minimum Gasteiger partial charge on any atom is -0.342 e. The lowest BCUT2D eigenvalue weighted by Gasteiger charge is -2.33. The van der Waals surface area contributed by atoms with E-state index in [1.807, 2.05) is 11.8 Å². The summed E-state index contributed by atoms with van der Waals surface area (Å²) in [4.78, 5) is 14.5. The normalized spacial score (nSPS) is 31.6. The number of piperidine rings is 1. The molecule has 3 rings (SSSR count). The number of rotatable bonds is 5. The highest BCUT2D eigenvalue weighted by molar-refractivity contribution is 7.89. The van der Waals surface area contributed by atoms with Crippen LogP contribution in [0.1, 0.15) is 32.6 Å². The lowest BCUT2D eigenvalue weighted by Crippen LogP contribution is -2.46. The third kappa shape index (κ3) is 2.72. The summed E-state index contributed by atoms with van der Waals surface area (Å²) in [5.74, 6) is 1.25. The van der Waals surface area contributed by atoms with Crippen LogP contribution in [-0.4, -0.2) is 55.5 Å². The Morgan fingerprint density at radius 1 is 1.20 bits per heavy atom. The van der Waals surface area contributed by atoms with E-state index in [0.717, 1.165) is 19.5 Å². The Balaban J connectivity index is 1.66. The number of sulfonamides is 1. The smallest absolute Gasteiger partial charge is 0.227 e. The van der Waals surface area contributed by atoms with Crippen LogP contribution in [0.15, 0.2) is 0 Å². The molecule has 5 nitrogen and oxygen atoms in total. The highest BCUT2D eigenvalue weighted by Crippen LogP contribution is 2.36. The van der Waals surface area contributed by atoms with Crippen molar-refractivity contribution in [3.05, 3.63) is 0 Å². The number of carbonyl (C=O) groups is 1. The van der Waals surface area contributed by atoms with Crippen LogP contribution in [0.5, 0.6) is 0 Å². The summed E-state index contributed by atoms with van der Waals surface area (Å²) in [5.41, 5.74) is 0. The molecule has 114 valence electrons. The molecule has 0 radical (unpaired) electrons. The van der Waals surface area contributed by atoms with Gasteiger partial charge in [0.15, 0.2) is 0 Å². The number of likely N-dealkylation sites (tertiary alicyclic amines) is 1. The zero-order chi connectivity index (χ0) is 14.3. The second-order valence-corrected chi connectivity index (χ2v) is 8.60. The van der Waals surface area contributed by atoms with E-state index in [4.69, 9.17) is 0 Å². The molecule has 0 spiro atoms. The van der Waals surface area contributed by atoms with Crippen LogP contribution in [0.4, 0.5) is 0 Å². The third-order valence-corrected chi connectivity index (χ3v) is 6.85. The van der Waals surface area contributed by atoms with Gasteiger partial charge in [0.1, 0.15) is 0 Å². The fourth-order valence-electron chi connectivity index (χ4n) is 3.48. The van der Waals surface area contributed by atoms with Crippen molar-refractivity contribution in [2.24, 2.45) is 17.8 Å². The lowest BCUT2D eigenvalue weighted by molar-refractivity contribution is -0.139. The molecule has 20 heavy (non-hydrogen) atoms. The molecule has 1 amide bonds. The first-order chi connectivity index (χ1) is 9.51. The summed E-state index contributed by atoms with van der Waals surface area (Å²) >= 11 is 0. The van der Waals surface area contributed by atoms with Crippen molar-refractivity contribution in [2.75, 3.05) is 31.9 Å². The molecule has 3 fully saturated rings. The topological polar surface area (TPSA) is 57.7 Å². The molecule has 2 atom stereocenters. The van der Waals surface area contributed by atoms with Gasteiger partial charge in [-0.05, 0) is 37.5 Å². The predicted octanol–water partition coefficient (Wildman–Crippen LogP) is 0.917. The minimum absolute atomic E-state index is 0.0888. The maximum Gasteiger partial charge on any atom is 0.227 e. The number of nitrogens with zero attached hydrogens (tertiary/aromatic N) is 2. The van der Waals surface area contributed by atoms with Gasteiger partial charge in [0.05, 0.1) is 11.7 Å². The number of hydrogen-bond acceptors (Lipinski definition) is 3. The Morgan fingerprint density at radius 2 is 1.95 bits per heavy atom. The highest BCUT2D eigenvalue weighted by atomic mass is 32.2. The summed E-state index contributed by atoms with van der Waals surface area (Å²) in [5, 5.41) is 0. The van der Waals surface area contributed by atoms with E-state index >= 15 is 0 Å². The largest absolute Gasteiger partial charge is 0.342 e. The highest BCUT2D eigenvalue weighted by Gasteiger charge is 2.46. The molecular weight excluding hydrogens is 276 g/mol. The van der Waals surface area contributed by atoms with Crippen molar-refractivity contribution in [1.82, 2.24) is 9.21 Å². The van der Waals surface area contributed by atoms with E-state index < -0.39 is 10.0 Å². The molecule has 2 aliphatic heterocycles. The molecule has 0 aromatic carbocycles. The predicted molar refractivity (Wildman–Crippen MR) is 76.6 cm³/mol. The monoisotopic (exact) mass is 300 g/mol. The number of carbonyl (C=O) groups excluding carboxylic acids is 1. The summed E-state index contributed by atoms with van der Waals surface area (Å²) in [6.45, 7) is 4.55. The van der Waals surface area contributed by atoms with E-state index in [-0.39, 0.29) is 23.5 Å². The third-order valence-electron chi connectivity index (χ3n) is 4.84. The van der Waals surface area contributed by atoms with Crippen LogP contribution in [0.2, 0.25) is 0 Å². The minimum atomic E-state index is -3.16. The Kier molecular flexibility index (Phi) is 3.79. The summed E-state index contributed by atoms with van der Waals surface area (Å²) in [6.07, 6.45) is 4.08. The van der Waals surface area contributed by atoms with Gasteiger partial charge in [0.25, 0.3) is 0 Å². The molecule has 0 unspecified atom stereocenters. The maximum atomic E-state index is 12.5. The van der Waals surface area contributed by atoms with Gasteiger partial charge >= 0.3 is 0 Å². The Labute approximate surface area is 121 Å².